The fourth-order valence-electron chi connectivity index (χ4n) is 1.84. The summed E-state index contributed by atoms with van der Waals surface area (Å²) in [4.78, 5) is 0. The van der Waals surface area contributed by atoms with Gasteiger partial charge in [0.05, 0.1) is 19.3 Å². The van der Waals surface area contributed by atoms with Crippen LogP contribution in [0.25, 0.3) is 0 Å². The highest BCUT2D eigenvalue weighted by molar-refractivity contribution is 5.30. The quantitative estimate of drug-likeness (QED) is 0.790. The number of aliphatic hydroxyl groups excluding tert-OH is 1. The van der Waals surface area contributed by atoms with Crippen molar-refractivity contribution < 1.29 is 19.0 Å². The van der Waals surface area contributed by atoms with Gasteiger partial charge in [-0.15, -0.1) is 0 Å². The molecule has 2 aromatic carbocycles. The van der Waals surface area contributed by atoms with Crippen LogP contribution in [-0.4, -0.2) is 18.3 Å². The predicted molar refractivity (Wildman–Crippen MR) is 79.1 cm³/mol. The maximum Gasteiger partial charge on any atom is 0.165 e. The first-order chi connectivity index (χ1) is 10.2. The zero-order chi connectivity index (χ0) is 15.1. The third kappa shape index (κ3) is 4.76. The molecule has 2 rings (SSSR count). The van der Waals surface area contributed by atoms with E-state index in [-0.39, 0.29) is 5.75 Å². The minimum atomic E-state index is -0.687. The van der Waals surface area contributed by atoms with Crippen LogP contribution in [0.15, 0.2) is 48.5 Å². The summed E-state index contributed by atoms with van der Waals surface area (Å²) in [7, 11) is 0. The molecule has 0 spiro atoms. The van der Waals surface area contributed by atoms with Crippen molar-refractivity contribution in [2.45, 2.75) is 19.4 Å². The molecule has 4 heteroatoms. The summed E-state index contributed by atoms with van der Waals surface area (Å²) in [6.45, 7) is 2.48. The molecule has 112 valence electrons. The Bertz CT molecular complexity index is 555. The number of rotatable bonds is 7. The molecule has 0 aliphatic heterocycles. The van der Waals surface area contributed by atoms with Gasteiger partial charge in [0.2, 0.25) is 0 Å². The van der Waals surface area contributed by atoms with Crippen LogP contribution in [0, 0.1) is 5.82 Å². The molecule has 1 N–H and O–H groups in total. The van der Waals surface area contributed by atoms with Crippen LogP contribution in [0.4, 0.5) is 4.39 Å². The smallest absolute Gasteiger partial charge is 0.165 e. The minimum absolute atomic E-state index is 0.194. The lowest BCUT2D eigenvalue weighted by molar-refractivity contribution is 0.198. The molecule has 0 bridgehead atoms. The lowest BCUT2D eigenvalue weighted by Gasteiger charge is -2.10. The van der Waals surface area contributed by atoms with Gasteiger partial charge in [-0.25, -0.2) is 4.39 Å². The van der Waals surface area contributed by atoms with Crippen LogP contribution in [0.5, 0.6) is 11.5 Å². The van der Waals surface area contributed by atoms with Gasteiger partial charge in [-0.05, 0) is 36.8 Å². The summed E-state index contributed by atoms with van der Waals surface area (Å²) in [6.07, 6.45) is -0.0280. The number of ether oxygens (including phenoxy) is 2. The molecule has 2 aromatic rings. The van der Waals surface area contributed by atoms with Crippen LogP contribution in [0.2, 0.25) is 0 Å². The van der Waals surface area contributed by atoms with Crippen molar-refractivity contribution in [3.05, 3.63) is 59.9 Å². The predicted octanol–water partition coefficient (Wildman–Crippen LogP) is 3.73. The number of hydrogen-bond acceptors (Lipinski definition) is 3. The van der Waals surface area contributed by atoms with Gasteiger partial charge in [-0.1, -0.05) is 24.3 Å². The average molecular weight is 290 g/mol. The summed E-state index contributed by atoms with van der Waals surface area (Å²) in [6, 6.07) is 14.0. The van der Waals surface area contributed by atoms with E-state index in [9.17, 15) is 9.50 Å². The second-order valence-corrected chi connectivity index (χ2v) is 4.73. The van der Waals surface area contributed by atoms with Crippen molar-refractivity contribution in [3.8, 4) is 11.5 Å². The van der Waals surface area contributed by atoms with Crippen molar-refractivity contribution in [1.29, 1.82) is 0 Å². The monoisotopic (exact) mass is 290 g/mol. The molecule has 0 heterocycles. The summed E-state index contributed by atoms with van der Waals surface area (Å²) in [5.74, 6) is 0.543. The number of aliphatic hydroxyl groups is 1. The number of benzene rings is 2. The van der Waals surface area contributed by atoms with E-state index in [1.54, 1.807) is 13.0 Å². The van der Waals surface area contributed by atoms with Crippen LogP contribution < -0.4 is 9.47 Å². The van der Waals surface area contributed by atoms with E-state index < -0.39 is 11.9 Å². The van der Waals surface area contributed by atoms with Crippen molar-refractivity contribution >= 4 is 0 Å². The van der Waals surface area contributed by atoms with Gasteiger partial charge in [-0.2, -0.15) is 0 Å². The molecule has 0 radical (unpaired) electrons. The van der Waals surface area contributed by atoms with E-state index in [0.29, 0.717) is 25.2 Å². The van der Waals surface area contributed by atoms with E-state index in [1.165, 1.54) is 12.1 Å². The van der Waals surface area contributed by atoms with E-state index in [0.717, 1.165) is 5.75 Å². The Morgan fingerprint density at radius 2 is 1.76 bits per heavy atom. The maximum absolute atomic E-state index is 13.7. The van der Waals surface area contributed by atoms with Crippen molar-refractivity contribution in [2.75, 3.05) is 13.2 Å². The van der Waals surface area contributed by atoms with Crippen molar-refractivity contribution in [2.24, 2.45) is 0 Å². The standard InChI is InChI=1S/C17H19FO3/c1-13(19)14-8-9-17(16(18)12-14)21-11-5-10-20-15-6-3-2-4-7-15/h2-4,6-9,12-13,19H,5,10-11H2,1H3/t13-/m0/s1. The van der Waals surface area contributed by atoms with Crippen LogP contribution in [0.1, 0.15) is 25.0 Å². The third-order valence-electron chi connectivity index (χ3n) is 3.00. The Hall–Kier alpha value is -2.07. The number of halogens is 1. The third-order valence-corrected chi connectivity index (χ3v) is 3.00. The molecule has 21 heavy (non-hydrogen) atoms. The minimum Gasteiger partial charge on any atom is -0.493 e. The van der Waals surface area contributed by atoms with Crippen LogP contribution in [0.3, 0.4) is 0 Å². The van der Waals surface area contributed by atoms with Gasteiger partial charge in [0, 0.05) is 6.42 Å². The Kier molecular flexibility index (Phi) is 5.58. The second kappa shape index (κ2) is 7.64. The summed E-state index contributed by atoms with van der Waals surface area (Å²) in [5.41, 5.74) is 0.535. The first kappa shape index (κ1) is 15.3. The van der Waals surface area contributed by atoms with E-state index >= 15 is 0 Å². The molecule has 0 saturated carbocycles. The van der Waals surface area contributed by atoms with Crippen LogP contribution >= 0.6 is 0 Å². The largest absolute Gasteiger partial charge is 0.493 e. The van der Waals surface area contributed by atoms with E-state index in [2.05, 4.69) is 0 Å². The molecule has 0 amide bonds. The lowest BCUT2D eigenvalue weighted by atomic mass is 10.1. The first-order valence-electron chi connectivity index (χ1n) is 6.95. The highest BCUT2D eigenvalue weighted by Crippen LogP contribution is 2.22. The van der Waals surface area contributed by atoms with Gasteiger partial charge in [-0.3, -0.25) is 0 Å². The first-order valence-corrected chi connectivity index (χ1v) is 6.95. The zero-order valence-electron chi connectivity index (χ0n) is 12.0. The molecular formula is C17H19FO3. The summed E-state index contributed by atoms with van der Waals surface area (Å²) in [5, 5.41) is 9.37. The van der Waals surface area contributed by atoms with Crippen LogP contribution in [-0.2, 0) is 0 Å². The normalized spacial score (nSPS) is 12.0. The molecule has 0 fully saturated rings. The molecule has 0 saturated heterocycles. The maximum atomic E-state index is 13.7. The zero-order valence-corrected chi connectivity index (χ0v) is 12.0. The molecule has 0 aliphatic carbocycles. The van der Waals surface area contributed by atoms with Gasteiger partial charge in [0.25, 0.3) is 0 Å². The SMILES string of the molecule is C[C@H](O)c1ccc(OCCCOc2ccccc2)c(F)c1. The second-order valence-electron chi connectivity index (χ2n) is 4.73. The average Bonchev–Trinajstić information content (AvgIpc) is 2.49. The molecular weight excluding hydrogens is 271 g/mol. The van der Waals surface area contributed by atoms with Crippen molar-refractivity contribution in [1.82, 2.24) is 0 Å². The molecule has 0 aliphatic rings. The van der Waals surface area contributed by atoms with Gasteiger partial charge >= 0.3 is 0 Å². The topological polar surface area (TPSA) is 38.7 Å². The fraction of sp³-hybridized carbons (Fsp3) is 0.294. The Balaban J connectivity index is 1.74. The lowest BCUT2D eigenvalue weighted by Crippen LogP contribution is -2.06. The summed E-state index contributed by atoms with van der Waals surface area (Å²) < 4.78 is 24.6. The van der Waals surface area contributed by atoms with E-state index in [1.807, 2.05) is 30.3 Å². The molecule has 0 aromatic heterocycles. The van der Waals surface area contributed by atoms with Gasteiger partial charge in [0.1, 0.15) is 5.75 Å². The van der Waals surface area contributed by atoms with Crippen molar-refractivity contribution in [3.63, 3.8) is 0 Å². The Morgan fingerprint density at radius 3 is 2.43 bits per heavy atom. The number of hydrogen-bond donors (Lipinski definition) is 1. The molecule has 1 atom stereocenters. The highest BCUT2D eigenvalue weighted by Gasteiger charge is 2.07. The summed E-state index contributed by atoms with van der Waals surface area (Å²) >= 11 is 0. The Labute approximate surface area is 124 Å². The highest BCUT2D eigenvalue weighted by atomic mass is 19.1. The van der Waals surface area contributed by atoms with Gasteiger partial charge < -0.3 is 14.6 Å². The van der Waals surface area contributed by atoms with E-state index in [4.69, 9.17) is 9.47 Å². The molecule has 3 nitrogen and oxygen atoms in total. The molecule has 0 unspecified atom stereocenters. The fourth-order valence-corrected chi connectivity index (χ4v) is 1.84. The number of para-hydroxylation sites is 1. The Morgan fingerprint density at radius 1 is 1.05 bits per heavy atom. The van der Waals surface area contributed by atoms with Gasteiger partial charge in [0.15, 0.2) is 11.6 Å².